The average molecular weight is 259 g/mol. The number of hydrogen-bond donors (Lipinski definition) is 0. The van der Waals surface area contributed by atoms with Gasteiger partial charge in [-0.3, -0.25) is 10.1 Å². The van der Waals surface area contributed by atoms with E-state index in [1.54, 1.807) is 6.07 Å². The monoisotopic (exact) mass is 259 g/mol. The van der Waals surface area contributed by atoms with Crippen LogP contribution in [0, 0.1) is 10.1 Å². The van der Waals surface area contributed by atoms with Gasteiger partial charge < -0.3 is 4.74 Å². The molecule has 0 amide bonds. The number of rotatable bonds is 4. The molecule has 86 valence electrons. The molecular weight excluding hydrogens is 250 g/mol. The number of benzene rings is 1. The van der Waals surface area contributed by atoms with Crippen molar-refractivity contribution in [2.75, 3.05) is 13.4 Å². The van der Waals surface area contributed by atoms with Crippen LogP contribution in [0.4, 0.5) is 5.69 Å². The highest BCUT2D eigenvalue weighted by Crippen LogP contribution is 2.32. The number of ether oxygens (including phenoxy) is 1. The van der Waals surface area contributed by atoms with E-state index in [9.17, 15) is 14.9 Å². The minimum Gasteiger partial charge on any atom is -0.465 e. The molecule has 0 N–H and O–H groups in total. The zero-order valence-corrected chi connectivity index (χ0v) is 10.3. The van der Waals surface area contributed by atoms with Crippen molar-refractivity contribution in [1.82, 2.24) is 0 Å². The van der Waals surface area contributed by atoms with E-state index in [1.807, 2.05) is 6.26 Å². The van der Waals surface area contributed by atoms with E-state index >= 15 is 0 Å². The Labute approximate surface area is 100 Å². The Morgan fingerprint density at radius 2 is 2.19 bits per heavy atom. The summed E-state index contributed by atoms with van der Waals surface area (Å²) in [5.74, 6) is -0.699. The Morgan fingerprint density at radius 1 is 1.50 bits per heavy atom. The number of esters is 1. The molecule has 0 radical (unpaired) electrons. The van der Waals surface area contributed by atoms with E-state index in [-0.39, 0.29) is 11.3 Å². The molecule has 0 fully saturated rings. The fourth-order valence-electron chi connectivity index (χ4n) is 1.10. The summed E-state index contributed by atoms with van der Waals surface area (Å²) in [4.78, 5) is 22.2. The molecule has 0 saturated carbocycles. The van der Waals surface area contributed by atoms with E-state index in [0.717, 1.165) is 4.90 Å². The summed E-state index contributed by atoms with van der Waals surface area (Å²) in [6.07, 6.45) is 1.88. The van der Waals surface area contributed by atoms with Crippen LogP contribution < -0.4 is 0 Å². The largest absolute Gasteiger partial charge is 0.465 e. The molecule has 0 unspecified atom stereocenters. The Morgan fingerprint density at radius 3 is 2.69 bits per heavy atom. The Bertz CT molecular complexity index is 422. The van der Waals surface area contributed by atoms with Gasteiger partial charge in [0.05, 0.1) is 12.0 Å². The second-order valence-corrected chi connectivity index (χ2v) is 5.15. The third kappa shape index (κ3) is 2.89. The summed E-state index contributed by atoms with van der Waals surface area (Å²) < 4.78 is 4.50. The second kappa shape index (κ2) is 5.76. The first kappa shape index (κ1) is 12.9. The number of carbonyl (C=O) groups is 1. The average Bonchev–Trinajstić information content (AvgIpc) is 2.28. The predicted molar refractivity (Wildman–Crippen MR) is 63.8 cm³/mol. The Balaban J connectivity index is 3.21. The van der Waals surface area contributed by atoms with E-state index in [2.05, 4.69) is 4.74 Å². The third-order valence-corrected chi connectivity index (χ3v) is 3.44. The Hall–Kier alpha value is -1.21. The van der Waals surface area contributed by atoms with Crippen molar-refractivity contribution in [2.45, 2.75) is 4.90 Å². The van der Waals surface area contributed by atoms with Gasteiger partial charge in [0.2, 0.25) is 0 Å². The van der Waals surface area contributed by atoms with Crippen molar-refractivity contribution in [3.63, 3.8) is 0 Å². The Kier molecular flexibility index (Phi) is 4.63. The highest BCUT2D eigenvalue weighted by atomic mass is 33.1. The number of carbonyl (C=O) groups excluding carboxylic acids is 1. The third-order valence-electron chi connectivity index (χ3n) is 1.75. The second-order valence-electron chi connectivity index (χ2n) is 2.68. The lowest BCUT2D eigenvalue weighted by molar-refractivity contribution is -0.385. The van der Waals surface area contributed by atoms with Crippen molar-refractivity contribution in [1.29, 1.82) is 0 Å². The van der Waals surface area contributed by atoms with Crippen LogP contribution in [0.1, 0.15) is 10.4 Å². The van der Waals surface area contributed by atoms with Gasteiger partial charge in [0.25, 0.3) is 5.69 Å². The van der Waals surface area contributed by atoms with Crippen LogP contribution >= 0.6 is 21.6 Å². The van der Waals surface area contributed by atoms with Gasteiger partial charge in [-0.05, 0) is 18.4 Å². The summed E-state index contributed by atoms with van der Waals surface area (Å²) >= 11 is 0. The maximum atomic E-state index is 11.4. The highest BCUT2D eigenvalue weighted by Gasteiger charge is 2.21. The zero-order chi connectivity index (χ0) is 12.1. The van der Waals surface area contributed by atoms with Gasteiger partial charge in [-0.15, -0.1) is 0 Å². The van der Waals surface area contributed by atoms with Crippen LogP contribution in [0.15, 0.2) is 23.1 Å². The lowest BCUT2D eigenvalue weighted by Gasteiger charge is -2.03. The fraction of sp³-hybridized carbons (Fsp3) is 0.222. The van der Waals surface area contributed by atoms with Gasteiger partial charge in [-0.25, -0.2) is 4.79 Å². The first-order valence-electron chi connectivity index (χ1n) is 4.17. The van der Waals surface area contributed by atoms with Crippen LogP contribution in [-0.2, 0) is 4.74 Å². The molecule has 5 nitrogen and oxygen atoms in total. The SMILES string of the molecule is COC(=O)c1cc(SSC)ccc1[N+](=O)[O-]. The molecule has 0 atom stereocenters. The van der Waals surface area contributed by atoms with Crippen molar-refractivity contribution < 1.29 is 14.5 Å². The van der Waals surface area contributed by atoms with Crippen molar-refractivity contribution >= 4 is 33.2 Å². The van der Waals surface area contributed by atoms with Gasteiger partial charge in [-0.2, -0.15) is 0 Å². The highest BCUT2D eigenvalue weighted by molar-refractivity contribution is 8.76. The maximum Gasteiger partial charge on any atom is 0.344 e. The lowest BCUT2D eigenvalue weighted by Crippen LogP contribution is -2.05. The molecule has 16 heavy (non-hydrogen) atoms. The molecule has 0 aliphatic rings. The van der Waals surface area contributed by atoms with E-state index < -0.39 is 10.9 Å². The molecular formula is C9H9NO4S2. The molecule has 0 spiro atoms. The van der Waals surface area contributed by atoms with Crippen LogP contribution in [0.25, 0.3) is 0 Å². The zero-order valence-electron chi connectivity index (χ0n) is 8.63. The first-order valence-corrected chi connectivity index (χ1v) is 6.73. The maximum absolute atomic E-state index is 11.4. The summed E-state index contributed by atoms with van der Waals surface area (Å²) in [7, 11) is 4.11. The topological polar surface area (TPSA) is 69.4 Å². The number of methoxy groups -OCH3 is 1. The van der Waals surface area contributed by atoms with E-state index in [1.165, 1.54) is 40.8 Å². The molecule has 1 aromatic carbocycles. The van der Waals surface area contributed by atoms with Gasteiger partial charge in [0.15, 0.2) is 0 Å². The molecule has 0 heterocycles. The molecule has 0 saturated heterocycles. The first-order chi connectivity index (χ1) is 7.60. The van der Waals surface area contributed by atoms with Crippen LogP contribution in [0.2, 0.25) is 0 Å². The van der Waals surface area contributed by atoms with Crippen molar-refractivity contribution in [3.8, 4) is 0 Å². The van der Waals surface area contributed by atoms with Crippen LogP contribution in [-0.4, -0.2) is 24.3 Å². The molecule has 7 heteroatoms. The summed E-state index contributed by atoms with van der Waals surface area (Å²) in [6.45, 7) is 0. The molecule has 0 aromatic heterocycles. The summed E-state index contributed by atoms with van der Waals surface area (Å²) in [6, 6.07) is 4.38. The fourth-order valence-corrected chi connectivity index (χ4v) is 2.47. The van der Waals surface area contributed by atoms with Crippen LogP contribution in [0.3, 0.4) is 0 Å². The molecule has 0 aliphatic heterocycles. The van der Waals surface area contributed by atoms with Crippen LogP contribution in [0.5, 0.6) is 0 Å². The minimum absolute atomic E-state index is 0.0217. The quantitative estimate of drug-likeness (QED) is 0.358. The van der Waals surface area contributed by atoms with E-state index in [4.69, 9.17) is 0 Å². The summed E-state index contributed by atoms with van der Waals surface area (Å²) in [5.41, 5.74) is -0.260. The number of nitrogens with zero attached hydrogens (tertiary/aromatic N) is 1. The smallest absolute Gasteiger partial charge is 0.344 e. The lowest BCUT2D eigenvalue weighted by atomic mass is 10.2. The predicted octanol–water partition coefficient (Wildman–Crippen LogP) is 2.75. The van der Waals surface area contributed by atoms with Gasteiger partial charge in [0.1, 0.15) is 5.56 Å². The molecule has 0 bridgehead atoms. The van der Waals surface area contributed by atoms with Gasteiger partial charge >= 0.3 is 5.97 Å². The summed E-state index contributed by atoms with van der Waals surface area (Å²) in [5, 5.41) is 10.7. The number of hydrogen-bond acceptors (Lipinski definition) is 6. The normalized spacial score (nSPS) is 9.88. The van der Waals surface area contributed by atoms with Crippen molar-refractivity contribution in [2.24, 2.45) is 0 Å². The minimum atomic E-state index is -0.699. The standard InChI is InChI=1S/C9H9NO4S2/c1-14-9(11)7-5-6(16-15-2)3-4-8(7)10(12)13/h3-5H,1-2H3. The van der Waals surface area contributed by atoms with Crippen molar-refractivity contribution in [3.05, 3.63) is 33.9 Å². The molecule has 1 aromatic rings. The molecule has 0 aliphatic carbocycles. The number of nitro benzene ring substituents is 1. The number of nitro groups is 1. The van der Waals surface area contributed by atoms with Gasteiger partial charge in [0, 0.05) is 11.0 Å². The van der Waals surface area contributed by atoms with Gasteiger partial charge in [-0.1, -0.05) is 21.6 Å². The molecule has 1 rings (SSSR count). The van der Waals surface area contributed by atoms with E-state index in [0.29, 0.717) is 0 Å².